The van der Waals surface area contributed by atoms with Crippen LogP contribution in [0.15, 0.2) is 48.8 Å². The highest BCUT2D eigenvalue weighted by Crippen LogP contribution is 2.33. The summed E-state index contributed by atoms with van der Waals surface area (Å²) in [7, 11) is 0. The zero-order valence-electron chi connectivity index (χ0n) is 15.5. The van der Waals surface area contributed by atoms with Crippen molar-refractivity contribution in [3.63, 3.8) is 0 Å². The van der Waals surface area contributed by atoms with E-state index in [0.717, 1.165) is 43.9 Å². The van der Waals surface area contributed by atoms with Gasteiger partial charge in [0.1, 0.15) is 11.8 Å². The first-order valence-electron chi connectivity index (χ1n) is 9.80. The number of likely N-dealkylation sites (tertiary alicyclic amines) is 1. The van der Waals surface area contributed by atoms with Crippen LogP contribution in [-0.2, 0) is 4.79 Å². The maximum absolute atomic E-state index is 12.0. The minimum Gasteiger partial charge on any atom is -0.493 e. The van der Waals surface area contributed by atoms with Crippen LogP contribution in [0.25, 0.3) is 0 Å². The van der Waals surface area contributed by atoms with Crippen LogP contribution in [0.4, 0.5) is 0 Å². The Morgan fingerprint density at radius 1 is 1.07 bits per heavy atom. The second-order valence-corrected chi connectivity index (χ2v) is 7.65. The lowest BCUT2D eigenvalue weighted by molar-refractivity contribution is -0.144. The van der Waals surface area contributed by atoms with Crippen LogP contribution in [0, 0.1) is 5.92 Å². The van der Waals surface area contributed by atoms with Crippen LogP contribution in [-0.4, -0.2) is 40.7 Å². The zero-order chi connectivity index (χ0) is 18.6. The van der Waals surface area contributed by atoms with Gasteiger partial charge in [-0.05, 0) is 86.0 Å². The largest absolute Gasteiger partial charge is 0.493 e. The fraction of sp³-hybridized carbons (Fsp3) is 0.455. The van der Waals surface area contributed by atoms with Gasteiger partial charge < -0.3 is 9.84 Å². The van der Waals surface area contributed by atoms with Gasteiger partial charge >= 0.3 is 5.97 Å². The first kappa shape index (κ1) is 18.0. The van der Waals surface area contributed by atoms with Gasteiger partial charge in [0.05, 0.1) is 6.61 Å². The number of aromatic nitrogens is 1. The predicted molar refractivity (Wildman–Crippen MR) is 103 cm³/mol. The molecule has 2 aromatic rings. The van der Waals surface area contributed by atoms with Gasteiger partial charge in [0.2, 0.25) is 0 Å². The number of carboxylic acids is 1. The Balaban J connectivity index is 1.39. The molecule has 1 aromatic carbocycles. The summed E-state index contributed by atoms with van der Waals surface area (Å²) in [5, 5.41) is 9.83. The highest BCUT2D eigenvalue weighted by atomic mass is 16.5. The molecule has 0 radical (unpaired) electrons. The predicted octanol–water partition coefficient (Wildman–Crippen LogP) is 3.88. The van der Waals surface area contributed by atoms with Crippen molar-refractivity contribution in [2.24, 2.45) is 5.92 Å². The molecule has 27 heavy (non-hydrogen) atoms. The summed E-state index contributed by atoms with van der Waals surface area (Å²) in [6, 6.07) is 11.1. The lowest BCUT2D eigenvalue weighted by atomic mass is 9.89. The van der Waals surface area contributed by atoms with Crippen molar-refractivity contribution in [2.75, 3.05) is 19.7 Å². The van der Waals surface area contributed by atoms with E-state index in [9.17, 15) is 9.90 Å². The van der Waals surface area contributed by atoms with Gasteiger partial charge in [0.25, 0.3) is 0 Å². The number of carboxylic acid groups (broad SMARTS) is 1. The number of piperidine rings is 1. The monoisotopic (exact) mass is 366 g/mol. The van der Waals surface area contributed by atoms with Gasteiger partial charge in [-0.25, -0.2) is 0 Å². The maximum Gasteiger partial charge on any atom is 0.325 e. The van der Waals surface area contributed by atoms with E-state index in [1.54, 1.807) is 0 Å². The molecular weight excluding hydrogens is 340 g/mol. The van der Waals surface area contributed by atoms with Gasteiger partial charge in [0.15, 0.2) is 0 Å². The summed E-state index contributed by atoms with van der Waals surface area (Å²) in [5.41, 5.74) is 2.12. The Morgan fingerprint density at radius 3 is 2.33 bits per heavy atom. The third-order valence-corrected chi connectivity index (χ3v) is 5.68. The minimum atomic E-state index is -0.788. The van der Waals surface area contributed by atoms with E-state index >= 15 is 0 Å². The number of pyridine rings is 1. The highest BCUT2D eigenvalue weighted by molar-refractivity contribution is 5.75. The van der Waals surface area contributed by atoms with Crippen LogP contribution in [0.1, 0.15) is 48.8 Å². The average molecular weight is 366 g/mol. The van der Waals surface area contributed by atoms with Crippen LogP contribution in [0.5, 0.6) is 5.75 Å². The maximum atomic E-state index is 12.0. The molecule has 1 saturated carbocycles. The van der Waals surface area contributed by atoms with Gasteiger partial charge in [-0.15, -0.1) is 0 Å². The summed E-state index contributed by atoms with van der Waals surface area (Å²) in [4.78, 5) is 18.1. The number of hydrogen-bond acceptors (Lipinski definition) is 4. The molecule has 1 aliphatic heterocycles. The summed E-state index contributed by atoms with van der Waals surface area (Å²) in [6.07, 6.45) is 8.11. The minimum absolute atomic E-state index is 0.483. The molecular formula is C22H26N2O3. The zero-order valence-corrected chi connectivity index (χ0v) is 15.5. The quantitative estimate of drug-likeness (QED) is 0.806. The Kier molecular flexibility index (Phi) is 5.39. The van der Waals surface area contributed by atoms with Gasteiger partial charge in [-0.2, -0.15) is 0 Å². The molecule has 0 bridgehead atoms. The number of benzene rings is 1. The lowest BCUT2D eigenvalue weighted by Gasteiger charge is -2.36. The molecule has 5 heteroatoms. The van der Waals surface area contributed by atoms with Crippen molar-refractivity contribution in [3.05, 3.63) is 59.9 Å². The lowest BCUT2D eigenvalue weighted by Crippen LogP contribution is -2.39. The molecule has 1 atom stereocenters. The van der Waals surface area contributed by atoms with Crippen molar-refractivity contribution in [3.8, 4) is 5.75 Å². The normalized spacial score (nSPS) is 19.6. The smallest absolute Gasteiger partial charge is 0.325 e. The van der Waals surface area contributed by atoms with E-state index in [-0.39, 0.29) is 0 Å². The molecule has 1 aromatic heterocycles. The summed E-state index contributed by atoms with van der Waals surface area (Å²) < 4.78 is 5.77. The van der Waals surface area contributed by atoms with Crippen molar-refractivity contribution in [1.29, 1.82) is 0 Å². The van der Waals surface area contributed by atoms with E-state index in [2.05, 4.69) is 22.0 Å². The van der Waals surface area contributed by atoms with Gasteiger partial charge in [-0.1, -0.05) is 12.1 Å². The van der Waals surface area contributed by atoms with E-state index in [1.807, 2.05) is 36.7 Å². The third kappa shape index (κ3) is 4.48. The Bertz CT molecular complexity index is 751. The second-order valence-electron chi connectivity index (χ2n) is 7.65. The SMILES string of the molecule is O=C(O)[C@H](c1ccc(OCC2CC2)cc1)N1CCC(c2ccncc2)CC1. The molecule has 2 aliphatic rings. The number of carbonyl (C=O) groups is 1. The standard InChI is InChI=1S/C22H26N2O3/c25-22(26)21(19-3-5-20(6-4-19)27-15-16-1-2-16)24-13-9-18(10-14-24)17-7-11-23-12-8-17/h3-8,11-12,16,18,21H,1-2,9-10,13-15H2,(H,25,26)/t21-/m0/s1. The van der Waals surface area contributed by atoms with Crippen LogP contribution in [0.2, 0.25) is 0 Å². The van der Waals surface area contributed by atoms with Gasteiger partial charge in [0, 0.05) is 12.4 Å². The van der Waals surface area contributed by atoms with Crippen molar-refractivity contribution < 1.29 is 14.6 Å². The van der Waals surface area contributed by atoms with Gasteiger partial charge in [-0.3, -0.25) is 14.7 Å². The van der Waals surface area contributed by atoms with E-state index in [1.165, 1.54) is 18.4 Å². The van der Waals surface area contributed by atoms with Crippen molar-refractivity contribution >= 4 is 5.97 Å². The Labute approximate surface area is 160 Å². The number of ether oxygens (including phenoxy) is 1. The molecule has 142 valence electrons. The number of aliphatic carboxylic acids is 1. The summed E-state index contributed by atoms with van der Waals surface area (Å²) >= 11 is 0. The van der Waals surface area contributed by atoms with Crippen LogP contribution < -0.4 is 4.74 Å². The molecule has 0 amide bonds. The summed E-state index contributed by atoms with van der Waals surface area (Å²) in [5.74, 6) is 1.23. The van der Waals surface area contributed by atoms with Crippen LogP contribution in [0.3, 0.4) is 0 Å². The number of rotatable bonds is 7. The molecule has 4 rings (SSSR count). The number of hydrogen-bond donors (Lipinski definition) is 1. The van der Waals surface area contributed by atoms with Crippen LogP contribution >= 0.6 is 0 Å². The molecule has 5 nitrogen and oxygen atoms in total. The topological polar surface area (TPSA) is 62.7 Å². The number of nitrogens with zero attached hydrogens (tertiary/aromatic N) is 2. The molecule has 2 fully saturated rings. The molecule has 1 aliphatic carbocycles. The van der Waals surface area contributed by atoms with E-state index < -0.39 is 12.0 Å². The third-order valence-electron chi connectivity index (χ3n) is 5.68. The highest BCUT2D eigenvalue weighted by Gasteiger charge is 2.31. The first-order chi connectivity index (χ1) is 13.2. The fourth-order valence-electron chi connectivity index (χ4n) is 3.88. The molecule has 0 spiro atoms. The van der Waals surface area contributed by atoms with Crippen molar-refractivity contribution in [1.82, 2.24) is 9.88 Å². The Hall–Kier alpha value is -2.40. The molecule has 1 saturated heterocycles. The second kappa shape index (κ2) is 8.09. The summed E-state index contributed by atoms with van der Waals surface area (Å²) in [6.45, 7) is 2.33. The molecule has 0 unspecified atom stereocenters. The average Bonchev–Trinajstić information content (AvgIpc) is 3.53. The van der Waals surface area contributed by atoms with E-state index in [0.29, 0.717) is 11.8 Å². The van der Waals surface area contributed by atoms with Crippen molar-refractivity contribution in [2.45, 2.75) is 37.6 Å². The fourth-order valence-corrected chi connectivity index (χ4v) is 3.88. The molecule has 2 heterocycles. The Morgan fingerprint density at radius 2 is 1.74 bits per heavy atom. The molecule has 1 N–H and O–H groups in total. The van der Waals surface area contributed by atoms with E-state index in [4.69, 9.17) is 4.74 Å². The first-order valence-corrected chi connectivity index (χ1v) is 9.80.